The van der Waals surface area contributed by atoms with E-state index in [0.717, 1.165) is 25.3 Å². The Morgan fingerprint density at radius 1 is 1.07 bits per heavy atom. The summed E-state index contributed by atoms with van der Waals surface area (Å²) in [6.07, 6.45) is 4.78. The van der Waals surface area contributed by atoms with Crippen LogP contribution in [0.3, 0.4) is 0 Å². The SMILES string of the molecule is N#Cc1ccc(N2CC(F)[C@@H](CN3CC4CCC(C3)C4N)C2)c2nccnc12. The number of nitrogens with zero attached hydrogens (tertiary/aromatic N) is 5. The third-order valence-electron chi connectivity index (χ3n) is 6.90. The zero-order valence-electron chi connectivity index (χ0n) is 15.8. The summed E-state index contributed by atoms with van der Waals surface area (Å²) in [5.74, 6) is 1.13. The van der Waals surface area contributed by atoms with Crippen LogP contribution >= 0.6 is 0 Å². The zero-order valence-corrected chi connectivity index (χ0v) is 15.8. The number of anilines is 1. The van der Waals surface area contributed by atoms with Crippen LogP contribution in [0.4, 0.5) is 10.1 Å². The van der Waals surface area contributed by atoms with Crippen molar-refractivity contribution >= 4 is 16.7 Å². The van der Waals surface area contributed by atoms with Crippen molar-refractivity contribution in [2.75, 3.05) is 37.6 Å². The maximum absolute atomic E-state index is 14.9. The highest BCUT2D eigenvalue weighted by Crippen LogP contribution is 2.37. The Labute approximate surface area is 164 Å². The summed E-state index contributed by atoms with van der Waals surface area (Å²) in [6, 6.07) is 6.14. The van der Waals surface area contributed by atoms with E-state index in [1.54, 1.807) is 18.5 Å². The second-order valence-corrected chi connectivity index (χ2v) is 8.57. The van der Waals surface area contributed by atoms with E-state index >= 15 is 0 Å². The topological polar surface area (TPSA) is 82.1 Å². The van der Waals surface area contributed by atoms with Gasteiger partial charge in [0.15, 0.2) is 0 Å². The molecule has 2 aliphatic heterocycles. The molecule has 146 valence electrons. The number of aromatic nitrogens is 2. The lowest BCUT2D eigenvalue weighted by Gasteiger charge is -2.37. The molecule has 0 amide bonds. The van der Waals surface area contributed by atoms with Crippen LogP contribution in [-0.2, 0) is 0 Å². The Hall–Kier alpha value is -2.30. The fourth-order valence-corrected chi connectivity index (χ4v) is 5.43. The Balaban J connectivity index is 1.34. The molecule has 2 saturated heterocycles. The first kappa shape index (κ1) is 17.8. The van der Waals surface area contributed by atoms with E-state index in [4.69, 9.17) is 5.73 Å². The number of halogens is 1. The molecular formula is C21H25FN6. The standard InChI is InChI=1S/C21H25FN6/c22-17-12-28(18-4-3-13(7-23)20-21(18)26-6-5-25-20)11-16(17)10-27-8-14-1-2-15(9-27)19(14)24/h3-6,14-17,19H,1-2,8-12,24H2/t14?,15?,16-,17?,19?/m0/s1. The van der Waals surface area contributed by atoms with Crippen LogP contribution in [0.25, 0.3) is 11.0 Å². The second-order valence-electron chi connectivity index (χ2n) is 8.57. The fourth-order valence-electron chi connectivity index (χ4n) is 5.43. The van der Waals surface area contributed by atoms with E-state index < -0.39 is 6.17 Å². The number of rotatable bonds is 3. The zero-order chi connectivity index (χ0) is 19.3. The summed E-state index contributed by atoms with van der Waals surface area (Å²) in [6.45, 7) is 3.83. The molecule has 3 fully saturated rings. The van der Waals surface area contributed by atoms with Crippen molar-refractivity contribution in [2.45, 2.75) is 25.1 Å². The lowest BCUT2D eigenvalue weighted by molar-refractivity contribution is 0.114. The van der Waals surface area contributed by atoms with Crippen LogP contribution in [-0.4, -0.2) is 59.8 Å². The van der Waals surface area contributed by atoms with E-state index in [9.17, 15) is 9.65 Å². The predicted octanol–water partition coefficient (Wildman–Crippen LogP) is 1.94. The van der Waals surface area contributed by atoms with E-state index in [-0.39, 0.29) is 5.92 Å². The van der Waals surface area contributed by atoms with Crippen LogP contribution in [0.15, 0.2) is 24.5 Å². The Morgan fingerprint density at radius 3 is 2.50 bits per heavy atom. The Bertz CT molecular complexity index is 913. The molecular weight excluding hydrogens is 355 g/mol. The first-order valence-electron chi connectivity index (χ1n) is 10.1. The summed E-state index contributed by atoms with van der Waals surface area (Å²) in [5, 5.41) is 9.32. The molecule has 1 aromatic carbocycles. The van der Waals surface area contributed by atoms with Crippen molar-refractivity contribution < 1.29 is 4.39 Å². The average molecular weight is 380 g/mol. The van der Waals surface area contributed by atoms with Crippen molar-refractivity contribution in [1.29, 1.82) is 5.26 Å². The van der Waals surface area contributed by atoms with Gasteiger partial charge in [-0.2, -0.15) is 5.26 Å². The minimum Gasteiger partial charge on any atom is -0.366 e. The molecule has 0 radical (unpaired) electrons. The second kappa shape index (κ2) is 6.94. The van der Waals surface area contributed by atoms with Crippen molar-refractivity contribution in [3.8, 4) is 6.07 Å². The van der Waals surface area contributed by atoms with Gasteiger partial charge in [0.25, 0.3) is 0 Å². The number of benzene rings is 1. The van der Waals surface area contributed by atoms with Gasteiger partial charge in [-0.15, -0.1) is 0 Å². The first-order valence-corrected chi connectivity index (χ1v) is 10.1. The third kappa shape index (κ3) is 2.92. The summed E-state index contributed by atoms with van der Waals surface area (Å²) in [5.41, 5.74) is 8.94. The quantitative estimate of drug-likeness (QED) is 0.876. The molecule has 7 heteroatoms. The van der Waals surface area contributed by atoms with Gasteiger partial charge in [-0.1, -0.05) is 0 Å². The van der Waals surface area contributed by atoms with Gasteiger partial charge in [-0.05, 0) is 36.8 Å². The molecule has 3 unspecified atom stereocenters. The molecule has 2 aromatic rings. The van der Waals surface area contributed by atoms with Gasteiger partial charge >= 0.3 is 0 Å². The van der Waals surface area contributed by atoms with Gasteiger partial charge in [0, 0.05) is 57.1 Å². The van der Waals surface area contributed by atoms with Crippen molar-refractivity contribution in [2.24, 2.45) is 23.5 Å². The molecule has 3 heterocycles. The number of hydrogen-bond acceptors (Lipinski definition) is 6. The van der Waals surface area contributed by atoms with Gasteiger partial charge in [0.2, 0.25) is 0 Å². The number of fused-ring (bicyclic) bond motifs is 3. The number of hydrogen-bond donors (Lipinski definition) is 1. The molecule has 6 nitrogen and oxygen atoms in total. The van der Waals surface area contributed by atoms with E-state index in [2.05, 4.69) is 25.8 Å². The molecule has 1 aliphatic carbocycles. The van der Waals surface area contributed by atoms with Gasteiger partial charge < -0.3 is 15.5 Å². The van der Waals surface area contributed by atoms with Crippen LogP contribution < -0.4 is 10.6 Å². The maximum atomic E-state index is 14.9. The van der Waals surface area contributed by atoms with Crippen molar-refractivity contribution in [3.63, 3.8) is 0 Å². The van der Waals surface area contributed by atoms with Crippen LogP contribution in [0.5, 0.6) is 0 Å². The van der Waals surface area contributed by atoms with E-state index in [1.807, 2.05) is 6.07 Å². The molecule has 28 heavy (non-hydrogen) atoms. The lowest BCUT2D eigenvalue weighted by atomic mass is 9.92. The molecule has 1 aromatic heterocycles. The minimum atomic E-state index is -0.865. The van der Waals surface area contributed by atoms with E-state index in [0.29, 0.717) is 47.6 Å². The monoisotopic (exact) mass is 380 g/mol. The molecule has 5 rings (SSSR count). The first-order chi connectivity index (χ1) is 13.6. The minimum absolute atomic E-state index is 0.0175. The number of likely N-dealkylation sites (tertiary alicyclic amines) is 1. The molecule has 0 spiro atoms. The number of nitriles is 1. The molecule has 2 bridgehead atoms. The normalized spacial score (nSPS) is 32.8. The molecule has 2 N–H and O–H groups in total. The average Bonchev–Trinajstić information content (AvgIpc) is 3.15. The Kier molecular flexibility index (Phi) is 4.41. The van der Waals surface area contributed by atoms with E-state index in [1.165, 1.54) is 12.8 Å². The highest BCUT2D eigenvalue weighted by molar-refractivity contribution is 5.92. The smallest absolute Gasteiger partial charge is 0.123 e. The Morgan fingerprint density at radius 2 is 1.79 bits per heavy atom. The fraction of sp³-hybridized carbons (Fsp3) is 0.571. The summed E-state index contributed by atoms with van der Waals surface area (Å²) in [7, 11) is 0. The largest absolute Gasteiger partial charge is 0.366 e. The predicted molar refractivity (Wildman–Crippen MR) is 105 cm³/mol. The van der Waals surface area contributed by atoms with Crippen molar-refractivity contribution in [1.82, 2.24) is 14.9 Å². The maximum Gasteiger partial charge on any atom is 0.123 e. The molecule has 4 atom stereocenters. The number of piperidine rings is 1. The van der Waals surface area contributed by atoms with Crippen LogP contribution in [0.1, 0.15) is 18.4 Å². The number of alkyl halides is 1. The third-order valence-corrected chi connectivity index (χ3v) is 6.90. The van der Waals surface area contributed by atoms with Gasteiger partial charge in [-0.25, -0.2) is 4.39 Å². The molecule has 3 aliphatic rings. The molecule has 1 saturated carbocycles. The van der Waals surface area contributed by atoms with Crippen molar-refractivity contribution in [3.05, 3.63) is 30.1 Å². The van der Waals surface area contributed by atoms with Crippen LogP contribution in [0.2, 0.25) is 0 Å². The number of nitrogens with two attached hydrogens (primary N) is 1. The lowest BCUT2D eigenvalue weighted by Crippen LogP contribution is -2.50. The van der Waals surface area contributed by atoms with Gasteiger partial charge in [-0.3, -0.25) is 9.97 Å². The van der Waals surface area contributed by atoms with Crippen LogP contribution in [0, 0.1) is 29.1 Å². The summed E-state index contributed by atoms with van der Waals surface area (Å²) < 4.78 is 14.9. The highest BCUT2D eigenvalue weighted by atomic mass is 19.1. The highest BCUT2D eigenvalue weighted by Gasteiger charge is 2.42. The van der Waals surface area contributed by atoms with Gasteiger partial charge in [0.05, 0.1) is 11.3 Å². The van der Waals surface area contributed by atoms with Gasteiger partial charge in [0.1, 0.15) is 23.3 Å². The summed E-state index contributed by atoms with van der Waals surface area (Å²) >= 11 is 0. The summed E-state index contributed by atoms with van der Waals surface area (Å²) in [4.78, 5) is 13.3.